The molecule has 240 valence electrons. The summed E-state index contributed by atoms with van der Waals surface area (Å²) in [6.45, 7) is 8.88. The van der Waals surface area contributed by atoms with Crippen molar-refractivity contribution in [3.63, 3.8) is 0 Å². The first-order valence-corrected chi connectivity index (χ1v) is 16.9. The summed E-state index contributed by atoms with van der Waals surface area (Å²) >= 11 is 0. The minimum atomic E-state index is -0.241. The van der Waals surface area contributed by atoms with Gasteiger partial charge in [0.15, 0.2) is 0 Å². The van der Waals surface area contributed by atoms with Crippen LogP contribution < -0.4 is 31.9 Å². The van der Waals surface area contributed by atoms with Crippen molar-refractivity contribution in [3.05, 3.63) is 0 Å². The first-order valence-electron chi connectivity index (χ1n) is 16.9. The summed E-state index contributed by atoms with van der Waals surface area (Å²) < 4.78 is 0. The molecule has 5 aliphatic rings. The van der Waals surface area contributed by atoms with E-state index in [1.165, 1.54) is 0 Å². The Morgan fingerprint density at radius 1 is 0.651 bits per heavy atom. The van der Waals surface area contributed by atoms with Crippen LogP contribution in [-0.2, 0) is 4.79 Å². The van der Waals surface area contributed by atoms with Gasteiger partial charge in [-0.05, 0) is 84.5 Å². The molecule has 6 N–H and O–H groups in total. The Labute approximate surface area is 256 Å². The van der Waals surface area contributed by atoms with Gasteiger partial charge in [0, 0.05) is 68.1 Å². The zero-order valence-electron chi connectivity index (χ0n) is 26.1. The minimum absolute atomic E-state index is 0.104. The number of rotatable bonds is 9. The van der Waals surface area contributed by atoms with Crippen LogP contribution in [0.1, 0.15) is 84.5 Å². The largest absolute Gasteiger partial charge is 0.372 e. The van der Waals surface area contributed by atoms with E-state index in [4.69, 9.17) is 0 Å². The molecule has 2 unspecified atom stereocenters. The third-order valence-electron chi connectivity index (χ3n) is 10.1. The lowest BCUT2D eigenvalue weighted by Gasteiger charge is -2.38. The molecule has 43 heavy (non-hydrogen) atoms. The van der Waals surface area contributed by atoms with Crippen molar-refractivity contribution in [1.82, 2.24) is 36.8 Å². The van der Waals surface area contributed by atoms with Gasteiger partial charge in [0.1, 0.15) is 0 Å². The number of aliphatic imine (C=N–C) groups is 2. The Balaban J connectivity index is 1.11. The topological polar surface area (TPSA) is 151 Å². The van der Waals surface area contributed by atoms with Gasteiger partial charge in [0.25, 0.3) is 0 Å². The van der Waals surface area contributed by atoms with Crippen LogP contribution in [0.3, 0.4) is 0 Å². The molecule has 12 heteroatoms. The molecule has 3 aliphatic carbocycles. The molecule has 0 aromatic heterocycles. The second kappa shape index (κ2) is 15.1. The molecular weight excluding hydrogens is 546 g/mol. The number of urea groups is 2. The summed E-state index contributed by atoms with van der Waals surface area (Å²) in [5, 5.41) is 19.5. The van der Waals surface area contributed by atoms with Crippen molar-refractivity contribution in [3.8, 4) is 0 Å². The molecule has 0 spiro atoms. The lowest BCUT2D eigenvalue weighted by Crippen LogP contribution is -2.55. The fraction of sp³-hybridized carbons (Fsp3) is 0.839. The van der Waals surface area contributed by atoms with Crippen LogP contribution in [0.2, 0.25) is 0 Å². The average molecular weight is 600 g/mol. The predicted molar refractivity (Wildman–Crippen MR) is 168 cm³/mol. The Bertz CT molecular complexity index is 962. The lowest BCUT2D eigenvalue weighted by molar-refractivity contribution is -0.136. The maximum atomic E-state index is 13.4. The normalized spacial score (nSPS) is 32.4. The van der Waals surface area contributed by atoms with Gasteiger partial charge in [-0.2, -0.15) is 0 Å². The van der Waals surface area contributed by atoms with Crippen molar-refractivity contribution >= 4 is 29.6 Å². The number of nitrogens with one attached hydrogen (secondary N) is 6. The van der Waals surface area contributed by atoms with Crippen LogP contribution in [0, 0.1) is 17.8 Å². The molecule has 5 amide bonds. The SMILES string of the molecule is CCN(CC)C(=O)C1CC(NC(=O)NC2CCC(C3=NCCN3)CC2)CC(NC(=O)NC2CCC(C3=NCCN3)CC2)C1. The number of amidine groups is 2. The Hall–Kier alpha value is -3.05. The molecule has 0 radical (unpaired) electrons. The molecule has 5 rings (SSSR count). The molecule has 3 saturated carbocycles. The van der Waals surface area contributed by atoms with Crippen LogP contribution in [0.5, 0.6) is 0 Å². The molecule has 0 saturated heterocycles. The summed E-state index contributed by atoms with van der Waals surface area (Å²) in [6.07, 6.45) is 9.61. The van der Waals surface area contributed by atoms with Gasteiger partial charge >= 0.3 is 12.1 Å². The zero-order valence-corrected chi connectivity index (χ0v) is 26.1. The van der Waals surface area contributed by atoms with E-state index in [1.54, 1.807) is 0 Å². The van der Waals surface area contributed by atoms with Crippen LogP contribution in [0.15, 0.2) is 9.98 Å². The third kappa shape index (κ3) is 8.53. The Morgan fingerprint density at radius 2 is 1.07 bits per heavy atom. The average Bonchev–Trinajstić information content (AvgIpc) is 3.74. The van der Waals surface area contributed by atoms with E-state index in [0.29, 0.717) is 44.2 Å². The highest BCUT2D eigenvalue weighted by molar-refractivity contribution is 5.86. The van der Waals surface area contributed by atoms with Crippen molar-refractivity contribution in [2.24, 2.45) is 27.7 Å². The number of carbonyl (C=O) groups is 3. The van der Waals surface area contributed by atoms with Crippen LogP contribution in [0.25, 0.3) is 0 Å². The van der Waals surface area contributed by atoms with Gasteiger partial charge in [-0.25, -0.2) is 9.59 Å². The predicted octanol–water partition coefficient (Wildman–Crippen LogP) is 2.11. The van der Waals surface area contributed by atoms with E-state index in [-0.39, 0.29) is 48.1 Å². The molecule has 2 aliphatic heterocycles. The van der Waals surface area contributed by atoms with E-state index in [9.17, 15) is 14.4 Å². The van der Waals surface area contributed by atoms with E-state index in [1.807, 2.05) is 18.7 Å². The molecule has 3 fully saturated rings. The third-order valence-corrected chi connectivity index (χ3v) is 10.1. The summed E-state index contributed by atoms with van der Waals surface area (Å²) in [5.74, 6) is 3.09. The van der Waals surface area contributed by atoms with Gasteiger partial charge in [-0.15, -0.1) is 0 Å². The lowest BCUT2D eigenvalue weighted by atomic mass is 9.81. The highest BCUT2D eigenvalue weighted by Crippen LogP contribution is 2.29. The molecule has 2 atom stereocenters. The maximum Gasteiger partial charge on any atom is 0.315 e. The standard InChI is InChI=1S/C31H53N9O3/c1-3-40(4-2)29(41)22-17-25(38-30(42)36-23-9-5-20(6-10-23)27-32-13-14-33-27)19-26(18-22)39-31(43)37-24-11-7-21(8-12-24)28-34-15-16-35-28/h20-26H,3-19H2,1-2H3,(H,32,33)(H,34,35)(H2,36,38,42)(H2,37,39,43). The molecule has 2 heterocycles. The van der Waals surface area contributed by atoms with Gasteiger partial charge in [0.2, 0.25) is 5.91 Å². The van der Waals surface area contributed by atoms with Crippen LogP contribution in [0.4, 0.5) is 9.59 Å². The van der Waals surface area contributed by atoms with Crippen molar-refractivity contribution in [2.75, 3.05) is 39.3 Å². The summed E-state index contributed by atoms with van der Waals surface area (Å²) in [5.41, 5.74) is 0. The maximum absolute atomic E-state index is 13.4. The fourth-order valence-corrected chi connectivity index (χ4v) is 7.78. The second-order valence-electron chi connectivity index (χ2n) is 13.0. The first-order chi connectivity index (χ1) is 20.9. The quantitative estimate of drug-likeness (QED) is 0.240. The fourth-order valence-electron chi connectivity index (χ4n) is 7.78. The van der Waals surface area contributed by atoms with Crippen molar-refractivity contribution in [2.45, 2.75) is 109 Å². The summed E-state index contributed by atoms with van der Waals surface area (Å²) in [7, 11) is 0. The smallest absolute Gasteiger partial charge is 0.315 e. The summed E-state index contributed by atoms with van der Waals surface area (Å²) in [6, 6.07) is -0.453. The van der Waals surface area contributed by atoms with E-state index in [2.05, 4.69) is 41.9 Å². The van der Waals surface area contributed by atoms with Gasteiger partial charge < -0.3 is 36.8 Å². The molecule has 0 bridgehead atoms. The molecule has 12 nitrogen and oxygen atoms in total. The van der Waals surface area contributed by atoms with E-state index >= 15 is 0 Å². The number of amides is 5. The van der Waals surface area contributed by atoms with Crippen LogP contribution >= 0.6 is 0 Å². The highest BCUT2D eigenvalue weighted by atomic mass is 16.2. The monoisotopic (exact) mass is 599 g/mol. The van der Waals surface area contributed by atoms with Gasteiger partial charge in [0.05, 0.1) is 24.8 Å². The second-order valence-corrected chi connectivity index (χ2v) is 13.0. The first kappa shape index (κ1) is 31.4. The minimum Gasteiger partial charge on any atom is -0.372 e. The molecule has 0 aromatic rings. The molecular formula is C31H53N9O3. The van der Waals surface area contributed by atoms with E-state index < -0.39 is 0 Å². The number of hydrogen-bond acceptors (Lipinski definition) is 7. The zero-order chi connectivity index (χ0) is 30.2. The molecule has 0 aromatic carbocycles. The van der Waals surface area contributed by atoms with Gasteiger partial charge in [-0.1, -0.05) is 0 Å². The Kier molecular flexibility index (Phi) is 11.0. The highest BCUT2D eigenvalue weighted by Gasteiger charge is 2.37. The van der Waals surface area contributed by atoms with Crippen LogP contribution in [-0.4, -0.2) is 98.0 Å². The number of nitrogens with zero attached hydrogens (tertiary/aromatic N) is 3. The Morgan fingerprint density at radius 3 is 1.44 bits per heavy atom. The summed E-state index contributed by atoms with van der Waals surface area (Å²) in [4.78, 5) is 50.6. The number of carbonyl (C=O) groups excluding carboxylic acids is 3. The van der Waals surface area contributed by atoms with Crippen molar-refractivity contribution < 1.29 is 14.4 Å². The van der Waals surface area contributed by atoms with Crippen molar-refractivity contribution in [1.29, 1.82) is 0 Å². The number of hydrogen-bond donors (Lipinski definition) is 6. The van der Waals surface area contributed by atoms with Gasteiger partial charge in [-0.3, -0.25) is 14.8 Å². The van der Waals surface area contributed by atoms with E-state index in [0.717, 1.165) is 89.2 Å².